The van der Waals surface area contributed by atoms with Crippen LogP contribution in [0.3, 0.4) is 0 Å². The predicted molar refractivity (Wildman–Crippen MR) is 114 cm³/mol. The maximum absolute atomic E-state index is 13.2. The predicted octanol–water partition coefficient (Wildman–Crippen LogP) is 3.44. The molecule has 2 fully saturated rings. The average Bonchev–Trinajstić information content (AvgIpc) is 3.36. The standard InChI is InChI=1S/C22H30N2O5S/c1-14-12-18-16(3)19(22(25)24-9-5-4-6-10-24)29-20(18)21(15(14)2)30(26,27)23-13-17-8-7-11-28-17/h12,17,23H,4-11,13H2,1-3H3. The second-order valence-electron chi connectivity index (χ2n) is 8.42. The number of sulfonamides is 1. The highest BCUT2D eigenvalue weighted by Crippen LogP contribution is 2.35. The minimum absolute atomic E-state index is 0.102. The SMILES string of the molecule is Cc1cc2c(C)c(C(=O)N3CCCCC3)oc2c(S(=O)(=O)NCC2CCCO2)c1C. The van der Waals surface area contributed by atoms with E-state index in [1.807, 2.05) is 19.9 Å². The van der Waals surface area contributed by atoms with Gasteiger partial charge in [0.15, 0.2) is 11.3 Å². The molecule has 1 atom stereocenters. The van der Waals surface area contributed by atoms with Crippen LogP contribution in [0.2, 0.25) is 0 Å². The first-order chi connectivity index (χ1) is 14.3. The molecule has 1 aromatic carbocycles. The van der Waals surface area contributed by atoms with E-state index < -0.39 is 10.0 Å². The van der Waals surface area contributed by atoms with Crippen molar-refractivity contribution in [2.75, 3.05) is 26.2 Å². The molecule has 30 heavy (non-hydrogen) atoms. The maximum Gasteiger partial charge on any atom is 0.289 e. The number of hydrogen-bond acceptors (Lipinski definition) is 5. The lowest BCUT2D eigenvalue weighted by Crippen LogP contribution is -2.35. The molecular formula is C22H30N2O5S. The zero-order valence-corrected chi connectivity index (χ0v) is 18.7. The smallest absolute Gasteiger partial charge is 0.289 e. The Morgan fingerprint density at radius 3 is 2.53 bits per heavy atom. The van der Waals surface area contributed by atoms with Crippen molar-refractivity contribution in [3.8, 4) is 0 Å². The summed E-state index contributed by atoms with van der Waals surface area (Å²) in [5, 5.41) is 0.677. The molecule has 4 rings (SSSR count). The number of likely N-dealkylation sites (tertiary alicyclic amines) is 1. The van der Waals surface area contributed by atoms with Gasteiger partial charge >= 0.3 is 0 Å². The van der Waals surface area contributed by atoms with E-state index in [4.69, 9.17) is 9.15 Å². The molecule has 0 aliphatic carbocycles. The monoisotopic (exact) mass is 434 g/mol. The number of benzene rings is 1. The third kappa shape index (κ3) is 3.88. The number of aryl methyl sites for hydroxylation is 2. The molecule has 1 aromatic heterocycles. The second kappa shape index (κ2) is 8.32. The molecule has 7 nitrogen and oxygen atoms in total. The van der Waals surface area contributed by atoms with Gasteiger partial charge in [-0.3, -0.25) is 4.79 Å². The van der Waals surface area contributed by atoms with Crippen molar-refractivity contribution in [2.24, 2.45) is 0 Å². The molecular weight excluding hydrogens is 404 g/mol. The molecule has 8 heteroatoms. The van der Waals surface area contributed by atoms with Crippen LogP contribution in [0.15, 0.2) is 15.4 Å². The number of nitrogens with zero attached hydrogens (tertiary/aromatic N) is 1. The van der Waals surface area contributed by atoms with Gasteiger partial charge in [0.25, 0.3) is 5.91 Å². The van der Waals surface area contributed by atoms with Crippen LogP contribution in [0.5, 0.6) is 0 Å². The van der Waals surface area contributed by atoms with Crippen LogP contribution in [-0.2, 0) is 14.8 Å². The Hall–Kier alpha value is -1.90. The summed E-state index contributed by atoms with van der Waals surface area (Å²) in [7, 11) is -3.83. The van der Waals surface area contributed by atoms with Crippen LogP contribution < -0.4 is 4.72 Å². The van der Waals surface area contributed by atoms with Gasteiger partial charge in [-0.25, -0.2) is 13.1 Å². The number of rotatable bonds is 5. The molecule has 2 saturated heterocycles. The summed E-state index contributed by atoms with van der Waals surface area (Å²) in [6.07, 6.45) is 4.78. The first-order valence-corrected chi connectivity index (χ1v) is 12.2. The Morgan fingerprint density at radius 1 is 1.13 bits per heavy atom. The number of hydrogen-bond donors (Lipinski definition) is 1. The summed E-state index contributed by atoms with van der Waals surface area (Å²) >= 11 is 0. The highest BCUT2D eigenvalue weighted by atomic mass is 32.2. The molecule has 0 bridgehead atoms. The number of piperidine rings is 1. The quantitative estimate of drug-likeness (QED) is 0.779. The Morgan fingerprint density at radius 2 is 1.87 bits per heavy atom. The van der Waals surface area contributed by atoms with Gasteiger partial charge in [-0.1, -0.05) is 0 Å². The van der Waals surface area contributed by atoms with E-state index in [-0.39, 0.29) is 34.8 Å². The van der Waals surface area contributed by atoms with Crippen LogP contribution in [0.4, 0.5) is 0 Å². The fourth-order valence-electron chi connectivity index (χ4n) is 4.39. The van der Waals surface area contributed by atoms with E-state index in [2.05, 4.69) is 4.72 Å². The lowest BCUT2D eigenvalue weighted by molar-refractivity contribution is 0.0693. The molecule has 2 aliphatic rings. The molecule has 1 unspecified atom stereocenters. The number of amides is 1. The maximum atomic E-state index is 13.2. The van der Waals surface area contributed by atoms with Gasteiger partial charge in [0.1, 0.15) is 4.90 Å². The molecule has 164 valence electrons. The van der Waals surface area contributed by atoms with Crippen LogP contribution in [0.1, 0.15) is 59.3 Å². The fraction of sp³-hybridized carbons (Fsp3) is 0.591. The second-order valence-corrected chi connectivity index (χ2v) is 10.1. The highest BCUT2D eigenvalue weighted by molar-refractivity contribution is 7.89. The van der Waals surface area contributed by atoms with E-state index >= 15 is 0 Å². The summed E-state index contributed by atoms with van der Waals surface area (Å²) in [4.78, 5) is 15.0. The molecule has 2 aliphatic heterocycles. The highest BCUT2D eigenvalue weighted by Gasteiger charge is 2.30. The van der Waals surface area contributed by atoms with Crippen LogP contribution >= 0.6 is 0 Å². The van der Waals surface area contributed by atoms with Gasteiger partial charge in [0, 0.05) is 37.2 Å². The van der Waals surface area contributed by atoms with Crippen molar-refractivity contribution in [3.63, 3.8) is 0 Å². The molecule has 1 amide bonds. The number of ether oxygens (including phenoxy) is 1. The van der Waals surface area contributed by atoms with E-state index in [1.54, 1.807) is 11.8 Å². The van der Waals surface area contributed by atoms with Crippen molar-refractivity contribution in [1.29, 1.82) is 0 Å². The van der Waals surface area contributed by atoms with Gasteiger partial charge < -0.3 is 14.1 Å². The summed E-state index contributed by atoms with van der Waals surface area (Å²) < 4.78 is 40.7. The van der Waals surface area contributed by atoms with Crippen LogP contribution in [0.25, 0.3) is 11.0 Å². The Labute approximate surface area is 177 Å². The number of furan rings is 1. The van der Waals surface area contributed by atoms with Crippen molar-refractivity contribution in [2.45, 2.75) is 63.9 Å². The third-order valence-electron chi connectivity index (χ3n) is 6.32. The number of carbonyl (C=O) groups excluding carboxylic acids is 1. The topological polar surface area (TPSA) is 88.9 Å². The minimum atomic E-state index is -3.83. The lowest BCUT2D eigenvalue weighted by atomic mass is 10.0. The van der Waals surface area contributed by atoms with Gasteiger partial charge in [0.05, 0.1) is 6.10 Å². The van der Waals surface area contributed by atoms with Gasteiger partial charge in [-0.2, -0.15) is 0 Å². The molecule has 1 N–H and O–H groups in total. The zero-order valence-electron chi connectivity index (χ0n) is 17.9. The first-order valence-electron chi connectivity index (χ1n) is 10.7. The third-order valence-corrected chi connectivity index (χ3v) is 7.90. The molecule has 0 saturated carbocycles. The van der Waals surface area contributed by atoms with Gasteiger partial charge in [-0.15, -0.1) is 0 Å². The summed E-state index contributed by atoms with van der Waals surface area (Å²) in [6.45, 7) is 7.80. The normalized spacial score (nSPS) is 20.2. The molecule has 3 heterocycles. The van der Waals surface area contributed by atoms with E-state index in [1.165, 1.54) is 0 Å². The van der Waals surface area contributed by atoms with Crippen molar-refractivity contribution in [3.05, 3.63) is 28.5 Å². The van der Waals surface area contributed by atoms with E-state index in [9.17, 15) is 13.2 Å². The van der Waals surface area contributed by atoms with Crippen molar-refractivity contribution < 1.29 is 22.4 Å². The Kier molecular flexibility index (Phi) is 5.92. The molecule has 0 spiro atoms. The Bertz CT molecular complexity index is 1060. The number of nitrogens with one attached hydrogen (secondary N) is 1. The fourth-order valence-corrected chi connectivity index (χ4v) is 5.90. The number of fused-ring (bicyclic) bond motifs is 1. The Balaban J connectivity index is 1.75. The summed E-state index contributed by atoms with van der Waals surface area (Å²) in [5.74, 6) is 0.0850. The summed E-state index contributed by atoms with van der Waals surface area (Å²) in [5.41, 5.74) is 2.43. The minimum Gasteiger partial charge on any atom is -0.449 e. The lowest BCUT2D eigenvalue weighted by Gasteiger charge is -2.25. The van der Waals surface area contributed by atoms with Gasteiger partial charge in [0.2, 0.25) is 10.0 Å². The van der Waals surface area contributed by atoms with Crippen molar-refractivity contribution in [1.82, 2.24) is 9.62 Å². The van der Waals surface area contributed by atoms with E-state index in [0.29, 0.717) is 36.2 Å². The van der Waals surface area contributed by atoms with E-state index in [0.717, 1.165) is 37.7 Å². The molecule has 0 radical (unpaired) electrons. The average molecular weight is 435 g/mol. The first kappa shape index (κ1) is 21.3. The van der Waals surface area contributed by atoms with Crippen molar-refractivity contribution >= 4 is 26.9 Å². The zero-order chi connectivity index (χ0) is 21.5. The van der Waals surface area contributed by atoms with Crippen LogP contribution in [0, 0.1) is 20.8 Å². The van der Waals surface area contributed by atoms with Gasteiger partial charge in [-0.05, 0) is 70.1 Å². The molecule has 2 aromatic rings. The summed E-state index contributed by atoms with van der Waals surface area (Å²) in [6, 6.07) is 1.91. The number of carbonyl (C=O) groups is 1. The van der Waals surface area contributed by atoms with Crippen LogP contribution in [-0.4, -0.2) is 51.6 Å². The largest absolute Gasteiger partial charge is 0.449 e.